The van der Waals surface area contributed by atoms with E-state index in [2.05, 4.69) is 15.3 Å². The third-order valence-corrected chi connectivity index (χ3v) is 6.37. The molecule has 1 fully saturated rings. The fraction of sp³-hybridized carbons (Fsp3) is 0.600. The van der Waals surface area contributed by atoms with Crippen LogP contribution in [0.1, 0.15) is 57.5 Å². The minimum atomic E-state index is -4.48. The molecule has 1 unspecified atom stereocenters. The predicted molar refractivity (Wildman–Crippen MR) is 128 cm³/mol. The molecule has 11 heteroatoms. The minimum Gasteiger partial charge on any atom is -0.489 e. The minimum absolute atomic E-state index is 0.0596. The number of rotatable bonds is 6. The fourth-order valence-electron chi connectivity index (χ4n) is 4.74. The lowest BCUT2D eigenvalue weighted by atomic mass is 9.89. The Bertz CT molecular complexity index is 1110. The van der Waals surface area contributed by atoms with Gasteiger partial charge in [-0.25, -0.2) is 9.97 Å². The second kappa shape index (κ2) is 9.49. The lowest BCUT2D eigenvalue weighted by Crippen LogP contribution is -2.53. The molecule has 1 saturated carbocycles. The van der Waals surface area contributed by atoms with Crippen LogP contribution in [0.25, 0.3) is 0 Å². The molecular formula is C25H32F3N5O3. The Morgan fingerprint density at radius 2 is 1.86 bits per heavy atom. The summed E-state index contributed by atoms with van der Waals surface area (Å²) in [7, 11) is 1.85. The van der Waals surface area contributed by atoms with Gasteiger partial charge >= 0.3 is 6.18 Å². The Labute approximate surface area is 208 Å². The highest BCUT2D eigenvalue weighted by molar-refractivity contribution is 5.93. The van der Waals surface area contributed by atoms with E-state index in [0.717, 1.165) is 23.5 Å². The van der Waals surface area contributed by atoms with Crippen LogP contribution in [0.2, 0.25) is 0 Å². The van der Waals surface area contributed by atoms with Crippen LogP contribution in [-0.2, 0) is 22.1 Å². The number of pyridine rings is 1. The maximum Gasteiger partial charge on any atom is 0.433 e. The number of nitrogens with zero attached hydrogens (tertiary/aromatic N) is 4. The summed E-state index contributed by atoms with van der Waals surface area (Å²) in [6, 6.07) is 1.81. The lowest BCUT2D eigenvalue weighted by molar-refractivity contribution is -0.141. The van der Waals surface area contributed by atoms with Gasteiger partial charge in [0.25, 0.3) is 0 Å². The number of carbonyl (C=O) groups is 1. The molecule has 0 spiro atoms. The molecule has 1 aliphatic heterocycles. The third kappa shape index (κ3) is 5.71. The number of hydrogen-bond donors (Lipinski definition) is 1. The van der Waals surface area contributed by atoms with Crippen LogP contribution in [0.15, 0.2) is 18.3 Å². The van der Waals surface area contributed by atoms with Gasteiger partial charge in [0.1, 0.15) is 29.4 Å². The molecule has 0 radical (unpaired) electrons. The first-order chi connectivity index (χ1) is 16.7. The second-order valence-corrected chi connectivity index (χ2v) is 10.5. The molecule has 4 rings (SSSR count). The molecule has 0 saturated heterocycles. The van der Waals surface area contributed by atoms with Crippen molar-refractivity contribution in [3.8, 4) is 5.75 Å². The summed E-state index contributed by atoms with van der Waals surface area (Å²) >= 11 is 0. The van der Waals surface area contributed by atoms with Crippen molar-refractivity contribution in [1.29, 1.82) is 0 Å². The summed E-state index contributed by atoms with van der Waals surface area (Å²) in [4.78, 5) is 27.5. The van der Waals surface area contributed by atoms with Crippen molar-refractivity contribution in [2.75, 3.05) is 17.3 Å². The van der Waals surface area contributed by atoms with E-state index in [0.29, 0.717) is 30.4 Å². The van der Waals surface area contributed by atoms with Crippen molar-refractivity contribution in [3.63, 3.8) is 0 Å². The average molecular weight is 508 g/mol. The summed E-state index contributed by atoms with van der Waals surface area (Å²) in [6.07, 6.45) is -2.28. The van der Waals surface area contributed by atoms with E-state index in [9.17, 15) is 18.0 Å². The van der Waals surface area contributed by atoms with Crippen LogP contribution in [0.5, 0.6) is 5.75 Å². The first-order valence-electron chi connectivity index (χ1n) is 12.0. The lowest BCUT2D eigenvalue weighted by Gasteiger charge is -2.40. The Kier molecular flexibility index (Phi) is 6.89. The summed E-state index contributed by atoms with van der Waals surface area (Å²) in [5, 5.41) is 3.32. The van der Waals surface area contributed by atoms with Crippen molar-refractivity contribution in [2.24, 2.45) is 0 Å². The largest absolute Gasteiger partial charge is 0.489 e. The Hall–Kier alpha value is -2.95. The van der Waals surface area contributed by atoms with Gasteiger partial charge in [0.05, 0.1) is 17.9 Å². The van der Waals surface area contributed by atoms with Crippen molar-refractivity contribution >= 4 is 17.5 Å². The molecule has 36 heavy (non-hydrogen) atoms. The number of likely N-dealkylation sites (N-methyl/N-ethyl adjacent to an activating group) is 1. The molecule has 2 aliphatic rings. The SMILES string of the molecule is Cc1nc(NC2CC(Oc3ccc(C(F)(F)F)nc3)C2)nc2c1CC(=O)C([C@H](C)OC(C)(C)C)N2C. The first kappa shape index (κ1) is 26.1. The van der Waals surface area contributed by atoms with Gasteiger partial charge in [0.15, 0.2) is 5.78 Å². The number of anilines is 2. The van der Waals surface area contributed by atoms with Crippen molar-refractivity contribution in [3.05, 3.63) is 35.3 Å². The van der Waals surface area contributed by atoms with Crippen LogP contribution < -0.4 is 15.0 Å². The maximum absolute atomic E-state index is 13.0. The summed E-state index contributed by atoms with van der Waals surface area (Å²) in [6.45, 7) is 9.66. The zero-order valence-corrected chi connectivity index (χ0v) is 21.3. The van der Waals surface area contributed by atoms with Crippen LogP contribution in [0.3, 0.4) is 0 Å². The van der Waals surface area contributed by atoms with Gasteiger partial charge in [-0.05, 0) is 46.8 Å². The quantitative estimate of drug-likeness (QED) is 0.617. The van der Waals surface area contributed by atoms with E-state index in [4.69, 9.17) is 14.5 Å². The maximum atomic E-state index is 13.0. The zero-order valence-electron chi connectivity index (χ0n) is 21.3. The van der Waals surface area contributed by atoms with Gasteiger partial charge in [0.2, 0.25) is 5.95 Å². The summed E-state index contributed by atoms with van der Waals surface area (Å²) < 4.78 is 49.8. The highest BCUT2D eigenvalue weighted by Crippen LogP contribution is 2.34. The number of ketones is 1. The number of carbonyl (C=O) groups excluding carboxylic acids is 1. The Morgan fingerprint density at radius 1 is 1.17 bits per heavy atom. The van der Waals surface area contributed by atoms with Gasteiger partial charge in [0, 0.05) is 43.6 Å². The van der Waals surface area contributed by atoms with Crippen LogP contribution in [0, 0.1) is 6.92 Å². The van der Waals surface area contributed by atoms with E-state index in [1.165, 1.54) is 6.07 Å². The van der Waals surface area contributed by atoms with Crippen molar-refractivity contribution in [2.45, 2.75) is 90.0 Å². The van der Waals surface area contributed by atoms with E-state index < -0.39 is 17.9 Å². The number of aryl methyl sites for hydroxylation is 1. The molecule has 1 aliphatic carbocycles. The summed E-state index contributed by atoms with van der Waals surface area (Å²) in [5.74, 6) is 1.55. The Balaban J connectivity index is 1.39. The smallest absolute Gasteiger partial charge is 0.433 e. The number of nitrogens with one attached hydrogen (secondary N) is 1. The van der Waals surface area contributed by atoms with E-state index >= 15 is 0 Å². The average Bonchev–Trinajstić information content (AvgIpc) is 2.71. The number of aromatic nitrogens is 3. The number of fused-ring (bicyclic) bond motifs is 1. The zero-order chi connectivity index (χ0) is 26.4. The molecule has 8 nitrogen and oxygen atoms in total. The topological polar surface area (TPSA) is 89.5 Å². The number of halogens is 3. The number of ether oxygens (including phenoxy) is 2. The number of alkyl halides is 3. The molecule has 2 atom stereocenters. The van der Waals surface area contributed by atoms with Crippen LogP contribution in [0.4, 0.5) is 24.9 Å². The molecule has 2 aromatic heterocycles. The predicted octanol–water partition coefficient (Wildman–Crippen LogP) is 4.35. The molecule has 0 amide bonds. The standard InChI is InChI=1S/C25H32F3N5O3/c1-13-18-11-19(34)21(14(2)36-24(3,4)5)33(6)22(18)32-23(30-13)31-15-9-17(10-15)35-16-7-8-20(29-12-16)25(26,27)28/h7-8,12,14-15,17,21H,9-11H2,1-6H3,(H,30,31,32)/t14-,15?,17?,21?/m0/s1. The molecule has 196 valence electrons. The van der Waals surface area contributed by atoms with E-state index in [1.54, 1.807) is 0 Å². The van der Waals surface area contributed by atoms with Crippen molar-refractivity contribution < 1.29 is 27.4 Å². The highest BCUT2D eigenvalue weighted by atomic mass is 19.4. The van der Waals surface area contributed by atoms with Gasteiger partial charge in [-0.1, -0.05) is 0 Å². The second-order valence-electron chi connectivity index (χ2n) is 10.5. The molecule has 1 N–H and O–H groups in total. The molecule has 3 heterocycles. The fourth-order valence-corrected chi connectivity index (χ4v) is 4.74. The molecule has 0 aromatic carbocycles. The normalized spacial score (nSPS) is 23.1. The van der Waals surface area contributed by atoms with Gasteiger partial charge in [-0.2, -0.15) is 18.2 Å². The first-order valence-corrected chi connectivity index (χ1v) is 12.0. The molecular weight excluding hydrogens is 475 g/mol. The Morgan fingerprint density at radius 3 is 2.44 bits per heavy atom. The third-order valence-electron chi connectivity index (χ3n) is 6.37. The highest BCUT2D eigenvalue weighted by Gasteiger charge is 2.39. The summed E-state index contributed by atoms with van der Waals surface area (Å²) in [5.41, 5.74) is 0.232. The number of Topliss-reactive ketones (excluding diaryl/α,β-unsaturated/α-hetero) is 1. The molecule has 2 aromatic rings. The van der Waals surface area contributed by atoms with Gasteiger partial charge in [-0.15, -0.1) is 0 Å². The van der Waals surface area contributed by atoms with Crippen molar-refractivity contribution in [1.82, 2.24) is 15.0 Å². The van der Waals surface area contributed by atoms with E-state index in [1.807, 2.05) is 46.6 Å². The van der Waals surface area contributed by atoms with Gasteiger partial charge < -0.3 is 19.7 Å². The molecule has 0 bridgehead atoms. The van der Waals surface area contributed by atoms with Crippen LogP contribution in [-0.4, -0.2) is 57.7 Å². The monoisotopic (exact) mass is 507 g/mol. The van der Waals surface area contributed by atoms with E-state index in [-0.39, 0.29) is 36.1 Å². The van der Waals surface area contributed by atoms with Crippen LogP contribution >= 0.6 is 0 Å². The number of hydrogen-bond acceptors (Lipinski definition) is 8. The van der Waals surface area contributed by atoms with Gasteiger partial charge in [-0.3, -0.25) is 4.79 Å².